The van der Waals surface area contributed by atoms with Crippen molar-refractivity contribution in [2.24, 2.45) is 0 Å². The van der Waals surface area contributed by atoms with Gasteiger partial charge in [0.05, 0.1) is 16.8 Å². The second kappa shape index (κ2) is 9.42. The van der Waals surface area contributed by atoms with Gasteiger partial charge in [-0.25, -0.2) is 14.5 Å². The van der Waals surface area contributed by atoms with E-state index in [0.717, 1.165) is 27.7 Å². The molecule has 0 saturated heterocycles. The molecule has 4 rings (SSSR count). The van der Waals surface area contributed by atoms with Crippen molar-refractivity contribution < 1.29 is 14.3 Å². The van der Waals surface area contributed by atoms with Crippen LogP contribution in [0.4, 0.5) is 0 Å². The third-order valence-corrected chi connectivity index (χ3v) is 5.56. The van der Waals surface area contributed by atoms with Crippen molar-refractivity contribution in [2.75, 3.05) is 6.61 Å². The fourth-order valence-corrected chi connectivity index (χ4v) is 3.92. The van der Waals surface area contributed by atoms with E-state index in [1.54, 1.807) is 16.8 Å². The van der Waals surface area contributed by atoms with Gasteiger partial charge in [0.25, 0.3) is 5.91 Å². The number of nitrogens with zero attached hydrogens (tertiary/aromatic N) is 3. The first-order valence-electron chi connectivity index (χ1n) is 10.5. The zero-order valence-electron chi connectivity index (χ0n) is 18.5. The maximum absolute atomic E-state index is 12.6. The highest BCUT2D eigenvalue weighted by Gasteiger charge is 2.19. The number of pyridine rings is 1. The standard InChI is InChI=1S/C25H23ClN4O3/c1-15-13-16(2)30(29-15)22-12-11-21(26)24(28-22)25(32)33-14-23(31)27-17(3)19-10-6-8-18-7-4-5-9-20(18)19/h4-13,17H,14H2,1-3H3,(H,27,31). The summed E-state index contributed by atoms with van der Waals surface area (Å²) < 4.78 is 6.81. The molecule has 1 N–H and O–H groups in total. The summed E-state index contributed by atoms with van der Waals surface area (Å²) in [5.74, 6) is -0.767. The zero-order chi connectivity index (χ0) is 23.5. The SMILES string of the molecule is Cc1cc(C)n(-c2ccc(Cl)c(C(=O)OCC(=O)NC(C)c3cccc4ccccc34)n2)n1. The van der Waals surface area contributed by atoms with Crippen molar-refractivity contribution in [1.29, 1.82) is 0 Å². The molecule has 7 nitrogen and oxygen atoms in total. The summed E-state index contributed by atoms with van der Waals surface area (Å²) in [6.45, 7) is 5.19. The van der Waals surface area contributed by atoms with E-state index < -0.39 is 18.5 Å². The van der Waals surface area contributed by atoms with E-state index in [-0.39, 0.29) is 16.8 Å². The molecular weight excluding hydrogens is 440 g/mol. The molecule has 2 aromatic carbocycles. The Morgan fingerprint density at radius 1 is 1.09 bits per heavy atom. The second-order valence-corrected chi connectivity index (χ2v) is 8.18. The quantitative estimate of drug-likeness (QED) is 0.419. The van der Waals surface area contributed by atoms with Crippen LogP contribution in [0.2, 0.25) is 5.02 Å². The lowest BCUT2D eigenvalue weighted by molar-refractivity contribution is -0.124. The van der Waals surface area contributed by atoms with Gasteiger partial charge in [-0.15, -0.1) is 0 Å². The summed E-state index contributed by atoms with van der Waals surface area (Å²) in [6.07, 6.45) is 0. The molecule has 1 amide bonds. The lowest BCUT2D eigenvalue weighted by atomic mass is 10.00. The molecule has 1 unspecified atom stereocenters. The van der Waals surface area contributed by atoms with Gasteiger partial charge < -0.3 is 10.1 Å². The molecular formula is C25H23ClN4O3. The van der Waals surface area contributed by atoms with E-state index in [9.17, 15) is 9.59 Å². The number of fused-ring (bicyclic) bond motifs is 1. The van der Waals surface area contributed by atoms with Gasteiger partial charge in [0.1, 0.15) is 0 Å². The number of nitrogens with one attached hydrogen (secondary N) is 1. The van der Waals surface area contributed by atoms with Crippen molar-refractivity contribution in [3.63, 3.8) is 0 Å². The van der Waals surface area contributed by atoms with Crippen LogP contribution in [0.5, 0.6) is 0 Å². The van der Waals surface area contributed by atoms with E-state index in [2.05, 4.69) is 15.4 Å². The number of rotatable bonds is 6. The van der Waals surface area contributed by atoms with Gasteiger partial charge in [-0.2, -0.15) is 5.10 Å². The van der Waals surface area contributed by atoms with E-state index in [1.165, 1.54) is 0 Å². The Labute approximate surface area is 196 Å². The molecule has 0 saturated carbocycles. The van der Waals surface area contributed by atoms with Crippen LogP contribution in [0.15, 0.2) is 60.7 Å². The largest absolute Gasteiger partial charge is 0.451 e. The van der Waals surface area contributed by atoms with Crippen molar-refractivity contribution in [3.05, 3.63) is 88.3 Å². The van der Waals surface area contributed by atoms with Crippen molar-refractivity contribution in [2.45, 2.75) is 26.8 Å². The molecule has 2 heterocycles. The predicted molar refractivity (Wildman–Crippen MR) is 127 cm³/mol. The topological polar surface area (TPSA) is 86.1 Å². The summed E-state index contributed by atoms with van der Waals surface area (Å²) in [5, 5.41) is 9.52. The molecule has 2 aromatic heterocycles. The Morgan fingerprint density at radius 3 is 2.61 bits per heavy atom. The van der Waals surface area contributed by atoms with Gasteiger partial charge in [0, 0.05) is 5.69 Å². The average Bonchev–Trinajstić information content (AvgIpc) is 3.15. The lowest BCUT2D eigenvalue weighted by Gasteiger charge is -2.16. The highest BCUT2D eigenvalue weighted by Crippen LogP contribution is 2.24. The number of carbonyl (C=O) groups excluding carboxylic acids is 2. The Morgan fingerprint density at radius 2 is 1.85 bits per heavy atom. The first kappa shape index (κ1) is 22.5. The lowest BCUT2D eigenvalue weighted by Crippen LogP contribution is -2.31. The van der Waals surface area contributed by atoms with E-state index in [1.807, 2.05) is 69.3 Å². The molecule has 0 aliphatic carbocycles. The van der Waals surface area contributed by atoms with Crippen LogP contribution in [-0.2, 0) is 9.53 Å². The molecule has 0 radical (unpaired) electrons. The number of carbonyl (C=O) groups is 2. The fraction of sp³-hybridized carbons (Fsp3) is 0.200. The van der Waals surface area contributed by atoms with Gasteiger partial charge >= 0.3 is 5.97 Å². The summed E-state index contributed by atoms with van der Waals surface area (Å²) in [6, 6.07) is 18.7. The van der Waals surface area contributed by atoms with Crippen molar-refractivity contribution >= 4 is 34.2 Å². The average molecular weight is 463 g/mol. The predicted octanol–water partition coefficient (Wildman–Crippen LogP) is 4.72. The van der Waals surface area contributed by atoms with E-state index in [4.69, 9.17) is 16.3 Å². The van der Waals surface area contributed by atoms with Crippen LogP contribution >= 0.6 is 11.6 Å². The van der Waals surface area contributed by atoms with Crippen LogP contribution in [0.1, 0.15) is 40.4 Å². The Kier molecular flexibility index (Phi) is 6.42. The Bertz CT molecular complexity index is 1340. The van der Waals surface area contributed by atoms with E-state index >= 15 is 0 Å². The highest BCUT2D eigenvalue weighted by atomic mass is 35.5. The fourth-order valence-electron chi connectivity index (χ4n) is 3.74. The van der Waals surface area contributed by atoms with Gasteiger partial charge in [0.15, 0.2) is 18.1 Å². The zero-order valence-corrected chi connectivity index (χ0v) is 19.3. The smallest absolute Gasteiger partial charge is 0.359 e. The Hall–Kier alpha value is -3.71. The van der Waals surface area contributed by atoms with Gasteiger partial charge in [-0.05, 0) is 55.3 Å². The minimum Gasteiger partial charge on any atom is -0.451 e. The third kappa shape index (κ3) is 4.88. The van der Waals surface area contributed by atoms with E-state index in [0.29, 0.717) is 5.82 Å². The molecule has 0 spiro atoms. The number of benzene rings is 2. The highest BCUT2D eigenvalue weighted by molar-refractivity contribution is 6.33. The van der Waals surface area contributed by atoms with Crippen molar-refractivity contribution in [1.82, 2.24) is 20.1 Å². The number of halogens is 1. The minimum absolute atomic E-state index is 0.0726. The number of amides is 1. The number of aromatic nitrogens is 3. The second-order valence-electron chi connectivity index (χ2n) is 7.77. The maximum atomic E-state index is 12.6. The third-order valence-electron chi connectivity index (χ3n) is 5.25. The number of hydrogen-bond donors (Lipinski definition) is 1. The molecule has 1 atom stereocenters. The van der Waals surface area contributed by atoms with Crippen LogP contribution in [0.3, 0.4) is 0 Å². The monoisotopic (exact) mass is 462 g/mol. The molecule has 0 bridgehead atoms. The first-order chi connectivity index (χ1) is 15.8. The summed E-state index contributed by atoms with van der Waals surface area (Å²) >= 11 is 6.17. The summed E-state index contributed by atoms with van der Waals surface area (Å²) in [4.78, 5) is 29.4. The van der Waals surface area contributed by atoms with Crippen LogP contribution in [0, 0.1) is 13.8 Å². The van der Waals surface area contributed by atoms with Crippen molar-refractivity contribution in [3.8, 4) is 5.82 Å². The van der Waals surface area contributed by atoms with Crippen LogP contribution in [0.25, 0.3) is 16.6 Å². The molecule has 0 aliphatic rings. The van der Waals surface area contributed by atoms with Gasteiger partial charge in [-0.3, -0.25) is 4.79 Å². The number of hydrogen-bond acceptors (Lipinski definition) is 5. The number of aryl methyl sites for hydroxylation is 2. The van der Waals surface area contributed by atoms with Gasteiger partial charge in [0.2, 0.25) is 0 Å². The molecule has 0 fully saturated rings. The van der Waals surface area contributed by atoms with Gasteiger partial charge in [-0.1, -0.05) is 54.1 Å². The number of esters is 1. The Balaban J connectivity index is 1.43. The molecule has 4 aromatic rings. The minimum atomic E-state index is -0.781. The summed E-state index contributed by atoms with van der Waals surface area (Å²) in [7, 11) is 0. The first-order valence-corrected chi connectivity index (χ1v) is 10.9. The van der Waals surface area contributed by atoms with Crippen LogP contribution in [-0.4, -0.2) is 33.2 Å². The maximum Gasteiger partial charge on any atom is 0.359 e. The molecule has 168 valence electrons. The normalized spacial score (nSPS) is 11.9. The molecule has 0 aliphatic heterocycles. The summed E-state index contributed by atoms with van der Waals surface area (Å²) in [5.41, 5.74) is 2.60. The molecule has 33 heavy (non-hydrogen) atoms. The number of ether oxygens (including phenoxy) is 1. The molecule has 8 heteroatoms. The van der Waals surface area contributed by atoms with Crippen LogP contribution < -0.4 is 5.32 Å².